The number of aromatic nitrogens is 3. The fourth-order valence-electron chi connectivity index (χ4n) is 8.05. The van der Waals surface area contributed by atoms with Crippen LogP contribution < -0.4 is 4.90 Å². The van der Waals surface area contributed by atoms with Gasteiger partial charge in [0.2, 0.25) is 0 Å². The third kappa shape index (κ3) is 5.31. The summed E-state index contributed by atoms with van der Waals surface area (Å²) in [5.41, 5.74) is 11.8. The van der Waals surface area contributed by atoms with Crippen LogP contribution in [-0.2, 0) is 0 Å². The number of fused-ring (bicyclic) bond motifs is 7. The van der Waals surface area contributed by atoms with Crippen molar-refractivity contribution < 1.29 is 0 Å². The molecule has 0 bridgehead atoms. The molecule has 4 nitrogen and oxygen atoms in total. The maximum Gasteiger partial charge on any atom is 0.160 e. The fourth-order valence-corrected chi connectivity index (χ4v) is 9.22. The molecule has 55 heavy (non-hydrogen) atoms. The molecule has 0 atom stereocenters. The molecule has 1 aliphatic rings. The maximum absolute atomic E-state index is 5.18. The average Bonchev–Trinajstić information content (AvgIpc) is 3.60. The molecule has 0 saturated heterocycles. The molecule has 8 aromatic carbocycles. The number of anilines is 3. The van der Waals surface area contributed by atoms with Crippen molar-refractivity contribution in [1.29, 1.82) is 0 Å². The van der Waals surface area contributed by atoms with E-state index in [-0.39, 0.29) is 0 Å². The molecular weight excluding hydrogens is 689 g/mol. The van der Waals surface area contributed by atoms with Crippen LogP contribution in [0.5, 0.6) is 0 Å². The van der Waals surface area contributed by atoms with Gasteiger partial charge in [-0.05, 0) is 77.5 Å². The third-order valence-corrected chi connectivity index (χ3v) is 11.6. The Morgan fingerprint density at radius 3 is 1.69 bits per heavy atom. The summed E-state index contributed by atoms with van der Waals surface area (Å²) in [6.07, 6.45) is 0. The van der Waals surface area contributed by atoms with Gasteiger partial charge >= 0.3 is 0 Å². The highest BCUT2D eigenvalue weighted by Gasteiger charge is 2.27. The summed E-state index contributed by atoms with van der Waals surface area (Å²) < 4.78 is 2.47. The monoisotopic (exact) mass is 720 g/mol. The molecule has 0 spiro atoms. The first-order valence-corrected chi connectivity index (χ1v) is 19.3. The van der Waals surface area contributed by atoms with E-state index < -0.39 is 0 Å². The number of para-hydroxylation sites is 2. The van der Waals surface area contributed by atoms with E-state index in [0.29, 0.717) is 5.82 Å². The molecule has 0 aliphatic carbocycles. The Bertz CT molecular complexity index is 2950. The van der Waals surface area contributed by atoms with Gasteiger partial charge in [0.1, 0.15) is 0 Å². The Hall–Kier alpha value is -6.95. The number of nitrogens with zero attached hydrogens (tertiary/aromatic N) is 4. The highest BCUT2D eigenvalue weighted by molar-refractivity contribution is 7.99. The summed E-state index contributed by atoms with van der Waals surface area (Å²) >= 11 is 1.82. The van der Waals surface area contributed by atoms with Crippen LogP contribution in [0.3, 0.4) is 0 Å². The second-order valence-corrected chi connectivity index (χ2v) is 14.9. The van der Waals surface area contributed by atoms with E-state index in [1.165, 1.54) is 37.5 Å². The lowest BCUT2D eigenvalue weighted by Crippen LogP contribution is -2.10. The molecule has 3 heterocycles. The summed E-state index contributed by atoms with van der Waals surface area (Å²) in [6, 6.07) is 68.9. The van der Waals surface area contributed by atoms with Gasteiger partial charge in [0, 0.05) is 54.3 Å². The number of rotatable bonds is 6. The van der Waals surface area contributed by atoms with Crippen molar-refractivity contribution in [2.24, 2.45) is 0 Å². The van der Waals surface area contributed by atoms with Crippen molar-refractivity contribution >= 4 is 61.4 Å². The molecule has 258 valence electrons. The lowest BCUT2D eigenvalue weighted by atomic mass is 10.0. The lowest BCUT2D eigenvalue weighted by molar-refractivity contribution is 1.09. The van der Waals surface area contributed by atoms with Crippen LogP contribution in [0.1, 0.15) is 0 Å². The highest BCUT2D eigenvalue weighted by atomic mass is 32.2. The SMILES string of the molecule is c1ccc(-c2cc(-c3ccccc3)nc(-c3ccc4c(c3)Sc3cc(N(c5ccccc5)c5ccccc5)cc5c6c7ccccc7ccc6n-4c35)n2)cc1. The first-order chi connectivity index (χ1) is 27.3. The first kappa shape index (κ1) is 31.6. The Morgan fingerprint density at radius 1 is 0.436 bits per heavy atom. The van der Waals surface area contributed by atoms with Gasteiger partial charge in [-0.25, -0.2) is 9.97 Å². The predicted molar refractivity (Wildman–Crippen MR) is 229 cm³/mol. The van der Waals surface area contributed by atoms with Crippen LogP contribution in [0.4, 0.5) is 17.1 Å². The van der Waals surface area contributed by atoms with Crippen LogP contribution in [0.25, 0.3) is 72.2 Å². The van der Waals surface area contributed by atoms with Crippen molar-refractivity contribution in [2.75, 3.05) is 4.90 Å². The fraction of sp³-hybridized carbons (Fsp3) is 0. The zero-order valence-electron chi connectivity index (χ0n) is 29.7. The van der Waals surface area contributed by atoms with Crippen molar-refractivity contribution in [2.45, 2.75) is 9.79 Å². The topological polar surface area (TPSA) is 34.0 Å². The summed E-state index contributed by atoms with van der Waals surface area (Å²) in [5.74, 6) is 0.705. The van der Waals surface area contributed by atoms with Gasteiger partial charge in [-0.2, -0.15) is 0 Å². The molecular formula is C50H32N4S. The Balaban J connectivity index is 1.15. The molecule has 5 heteroatoms. The van der Waals surface area contributed by atoms with Crippen LogP contribution in [0.2, 0.25) is 0 Å². The van der Waals surface area contributed by atoms with Gasteiger partial charge in [0.05, 0.1) is 28.1 Å². The van der Waals surface area contributed by atoms with Gasteiger partial charge in [0.25, 0.3) is 0 Å². The smallest absolute Gasteiger partial charge is 0.160 e. The zero-order chi connectivity index (χ0) is 36.3. The molecule has 11 rings (SSSR count). The van der Waals surface area contributed by atoms with Gasteiger partial charge in [-0.3, -0.25) is 0 Å². The van der Waals surface area contributed by atoms with Gasteiger partial charge in [-0.1, -0.05) is 139 Å². The Morgan fingerprint density at radius 2 is 1.04 bits per heavy atom. The number of hydrogen-bond donors (Lipinski definition) is 0. The largest absolute Gasteiger partial charge is 0.310 e. The number of benzene rings is 8. The summed E-state index contributed by atoms with van der Waals surface area (Å²) in [7, 11) is 0. The molecule has 0 amide bonds. The van der Waals surface area contributed by atoms with E-state index in [1.807, 2.05) is 23.9 Å². The van der Waals surface area contributed by atoms with E-state index in [2.05, 4.69) is 191 Å². The van der Waals surface area contributed by atoms with Gasteiger partial charge in [0.15, 0.2) is 5.82 Å². The molecule has 0 radical (unpaired) electrons. The van der Waals surface area contributed by atoms with Crippen LogP contribution in [-0.4, -0.2) is 14.5 Å². The number of hydrogen-bond acceptors (Lipinski definition) is 4. The van der Waals surface area contributed by atoms with Gasteiger partial charge in [-0.15, -0.1) is 0 Å². The van der Waals surface area contributed by atoms with E-state index in [1.54, 1.807) is 0 Å². The second kappa shape index (κ2) is 12.9. The average molecular weight is 721 g/mol. The Kier molecular flexibility index (Phi) is 7.39. The van der Waals surface area contributed by atoms with Crippen molar-refractivity contribution in [1.82, 2.24) is 14.5 Å². The molecule has 2 aromatic heterocycles. The van der Waals surface area contributed by atoms with E-state index in [0.717, 1.165) is 55.7 Å². The minimum atomic E-state index is 0.705. The summed E-state index contributed by atoms with van der Waals surface area (Å²) in [5, 5.41) is 4.99. The molecule has 1 aliphatic heterocycles. The van der Waals surface area contributed by atoms with E-state index in [9.17, 15) is 0 Å². The van der Waals surface area contributed by atoms with Crippen molar-refractivity contribution in [3.05, 3.63) is 194 Å². The summed E-state index contributed by atoms with van der Waals surface area (Å²) in [4.78, 5) is 15.1. The second-order valence-electron chi connectivity index (χ2n) is 13.8. The third-order valence-electron chi connectivity index (χ3n) is 10.5. The van der Waals surface area contributed by atoms with E-state index in [4.69, 9.17) is 9.97 Å². The molecule has 0 unspecified atom stereocenters. The van der Waals surface area contributed by atoms with Crippen LogP contribution >= 0.6 is 11.8 Å². The molecule has 10 aromatic rings. The normalized spacial score (nSPS) is 11.9. The standard InChI is InChI=1S/C50H32N4S/c1-5-16-34(17-6-1)42-32-43(35-18-7-2-8-19-35)52-50(51-42)36-26-27-44-46(29-36)55-47-31-39(53(37-20-9-3-10-21-37)38-22-11-4-12-23-38)30-41-48-40-24-14-13-15-33(40)25-28-45(48)54(44)49(41)47/h1-32H. The van der Waals surface area contributed by atoms with E-state index >= 15 is 0 Å². The van der Waals surface area contributed by atoms with Crippen LogP contribution in [0, 0.1) is 0 Å². The van der Waals surface area contributed by atoms with Crippen molar-refractivity contribution in [3.8, 4) is 39.6 Å². The van der Waals surface area contributed by atoms with Gasteiger partial charge < -0.3 is 9.47 Å². The quantitative estimate of drug-likeness (QED) is 0.171. The molecule has 0 fully saturated rings. The zero-order valence-corrected chi connectivity index (χ0v) is 30.5. The first-order valence-electron chi connectivity index (χ1n) is 18.5. The minimum absolute atomic E-state index is 0.705. The molecule has 0 saturated carbocycles. The minimum Gasteiger partial charge on any atom is -0.310 e. The molecule has 0 N–H and O–H groups in total. The highest BCUT2D eigenvalue weighted by Crippen LogP contribution is 2.51. The lowest BCUT2D eigenvalue weighted by Gasteiger charge is -2.27. The summed E-state index contributed by atoms with van der Waals surface area (Å²) in [6.45, 7) is 0. The predicted octanol–water partition coefficient (Wildman–Crippen LogP) is 13.7. The van der Waals surface area contributed by atoms with Crippen molar-refractivity contribution in [3.63, 3.8) is 0 Å². The Labute approximate surface area is 323 Å². The maximum atomic E-state index is 5.18. The van der Waals surface area contributed by atoms with Crippen LogP contribution in [0.15, 0.2) is 204 Å².